The molecular formula is C13H7Cl3N2O3. The van der Waals surface area contributed by atoms with Crippen LogP contribution in [0.4, 0.5) is 11.4 Å². The molecular weight excluding hydrogens is 339 g/mol. The van der Waals surface area contributed by atoms with Crippen molar-refractivity contribution in [1.29, 1.82) is 0 Å². The maximum absolute atomic E-state index is 12.2. The number of para-hydroxylation sites is 2. The number of carbonyl (C=O) groups excluding carboxylic acids is 1. The number of nitro groups is 1. The molecule has 0 aliphatic carbocycles. The van der Waals surface area contributed by atoms with Crippen LogP contribution in [0, 0.1) is 10.1 Å². The highest BCUT2D eigenvalue weighted by atomic mass is 35.5. The first-order chi connectivity index (χ1) is 9.91. The lowest BCUT2D eigenvalue weighted by Gasteiger charge is -2.09. The first-order valence-corrected chi connectivity index (χ1v) is 6.73. The van der Waals surface area contributed by atoms with Crippen molar-refractivity contribution >= 4 is 52.1 Å². The minimum atomic E-state index is -0.679. The van der Waals surface area contributed by atoms with Gasteiger partial charge in [-0.3, -0.25) is 14.9 Å². The lowest BCUT2D eigenvalue weighted by molar-refractivity contribution is -0.383. The average molecular weight is 346 g/mol. The van der Waals surface area contributed by atoms with E-state index < -0.39 is 10.8 Å². The number of hydrogen-bond acceptors (Lipinski definition) is 3. The summed E-state index contributed by atoms with van der Waals surface area (Å²) < 4.78 is 0. The van der Waals surface area contributed by atoms with E-state index in [9.17, 15) is 14.9 Å². The Morgan fingerprint density at radius 2 is 1.67 bits per heavy atom. The highest BCUT2D eigenvalue weighted by molar-refractivity contribution is 6.46. The molecule has 0 aliphatic heterocycles. The molecule has 0 aromatic heterocycles. The Hall–Kier alpha value is -1.82. The van der Waals surface area contributed by atoms with E-state index in [0.29, 0.717) is 0 Å². The molecule has 0 radical (unpaired) electrons. The second kappa shape index (κ2) is 6.30. The highest BCUT2D eigenvalue weighted by Crippen LogP contribution is 2.32. The summed E-state index contributed by atoms with van der Waals surface area (Å²) in [5.74, 6) is -0.679. The topological polar surface area (TPSA) is 72.2 Å². The minimum Gasteiger partial charge on any atom is -0.316 e. The molecule has 1 N–H and O–H groups in total. The Balaban J connectivity index is 2.40. The Labute approximate surface area is 134 Å². The standard InChI is InChI=1S/C13H7Cl3N2O3/c14-7-5-6-8(15)12(16)11(7)13(19)17-9-3-1-2-4-10(9)18(20)21/h1-6H,(H,17,19). The Morgan fingerprint density at radius 1 is 1.05 bits per heavy atom. The summed E-state index contributed by atoms with van der Waals surface area (Å²) in [7, 11) is 0. The third-order valence-electron chi connectivity index (χ3n) is 2.62. The fraction of sp³-hybridized carbons (Fsp3) is 0. The predicted octanol–water partition coefficient (Wildman–Crippen LogP) is 4.81. The van der Waals surface area contributed by atoms with Crippen LogP contribution >= 0.6 is 34.8 Å². The molecule has 2 rings (SSSR count). The van der Waals surface area contributed by atoms with Gasteiger partial charge in [-0.25, -0.2) is 0 Å². The molecule has 1 amide bonds. The van der Waals surface area contributed by atoms with Gasteiger partial charge in [0.2, 0.25) is 0 Å². The van der Waals surface area contributed by atoms with E-state index in [1.165, 1.54) is 30.3 Å². The number of anilines is 1. The second-order valence-corrected chi connectivity index (χ2v) is 5.14. The van der Waals surface area contributed by atoms with Crippen molar-refractivity contribution in [3.05, 3.63) is 67.1 Å². The fourth-order valence-corrected chi connectivity index (χ4v) is 2.36. The average Bonchev–Trinajstić information content (AvgIpc) is 2.43. The third kappa shape index (κ3) is 3.26. The van der Waals surface area contributed by atoms with Crippen LogP contribution in [0.25, 0.3) is 0 Å². The molecule has 2 aromatic carbocycles. The van der Waals surface area contributed by atoms with Gasteiger partial charge in [-0.2, -0.15) is 0 Å². The molecule has 0 heterocycles. The fourth-order valence-electron chi connectivity index (χ4n) is 1.66. The number of amides is 1. The number of nitro benzene ring substituents is 1. The number of nitrogens with one attached hydrogen (secondary N) is 1. The summed E-state index contributed by atoms with van der Waals surface area (Å²) in [6.07, 6.45) is 0. The number of rotatable bonds is 3. The molecule has 21 heavy (non-hydrogen) atoms. The van der Waals surface area contributed by atoms with Gasteiger partial charge in [0.05, 0.1) is 25.6 Å². The smallest absolute Gasteiger partial charge is 0.292 e. The van der Waals surface area contributed by atoms with Crippen LogP contribution < -0.4 is 5.32 Å². The number of benzene rings is 2. The van der Waals surface area contributed by atoms with Gasteiger partial charge in [0, 0.05) is 6.07 Å². The van der Waals surface area contributed by atoms with E-state index in [2.05, 4.69) is 5.32 Å². The zero-order valence-corrected chi connectivity index (χ0v) is 12.5. The van der Waals surface area contributed by atoms with Gasteiger partial charge in [0.1, 0.15) is 5.69 Å². The minimum absolute atomic E-state index is 0.0137. The molecule has 0 fully saturated rings. The Bertz CT molecular complexity index is 735. The van der Waals surface area contributed by atoms with Crippen LogP contribution in [-0.4, -0.2) is 10.8 Å². The highest BCUT2D eigenvalue weighted by Gasteiger charge is 2.20. The zero-order valence-electron chi connectivity index (χ0n) is 10.3. The summed E-state index contributed by atoms with van der Waals surface area (Å²) in [6, 6.07) is 8.61. The van der Waals surface area contributed by atoms with Crippen LogP contribution in [0.15, 0.2) is 36.4 Å². The van der Waals surface area contributed by atoms with Crippen molar-refractivity contribution in [3.8, 4) is 0 Å². The van der Waals surface area contributed by atoms with E-state index in [1.807, 2.05) is 0 Å². The molecule has 5 nitrogen and oxygen atoms in total. The Kier molecular flexibility index (Phi) is 4.67. The van der Waals surface area contributed by atoms with Gasteiger partial charge in [-0.05, 0) is 18.2 Å². The summed E-state index contributed by atoms with van der Waals surface area (Å²) >= 11 is 17.7. The van der Waals surface area contributed by atoms with Crippen molar-refractivity contribution < 1.29 is 9.72 Å². The first kappa shape index (κ1) is 15.6. The molecule has 2 aromatic rings. The predicted molar refractivity (Wildman–Crippen MR) is 82.5 cm³/mol. The number of nitrogens with zero attached hydrogens (tertiary/aromatic N) is 1. The van der Waals surface area contributed by atoms with Crippen LogP contribution in [-0.2, 0) is 0 Å². The van der Waals surface area contributed by atoms with Gasteiger partial charge in [0.15, 0.2) is 0 Å². The van der Waals surface area contributed by atoms with E-state index in [4.69, 9.17) is 34.8 Å². The van der Waals surface area contributed by atoms with E-state index in [-0.39, 0.29) is 32.0 Å². The SMILES string of the molecule is O=C(Nc1ccccc1[N+](=O)[O-])c1c(Cl)ccc(Cl)c1Cl. The van der Waals surface area contributed by atoms with Crippen LogP contribution in [0.1, 0.15) is 10.4 Å². The zero-order chi connectivity index (χ0) is 15.6. The lowest BCUT2D eigenvalue weighted by atomic mass is 10.2. The molecule has 0 saturated carbocycles. The van der Waals surface area contributed by atoms with E-state index in [1.54, 1.807) is 6.07 Å². The molecule has 0 bridgehead atoms. The number of hydrogen-bond donors (Lipinski definition) is 1. The Morgan fingerprint density at radius 3 is 2.33 bits per heavy atom. The maximum Gasteiger partial charge on any atom is 0.292 e. The largest absolute Gasteiger partial charge is 0.316 e. The summed E-state index contributed by atoms with van der Waals surface area (Å²) in [5.41, 5.74) is -0.233. The first-order valence-electron chi connectivity index (χ1n) is 5.60. The molecule has 0 spiro atoms. The van der Waals surface area contributed by atoms with Crippen molar-refractivity contribution in [2.45, 2.75) is 0 Å². The monoisotopic (exact) mass is 344 g/mol. The number of halogens is 3. The van der Waals surface area contributed by atoms with E-state index in [0.717, 1.165) is 0 Å². The molecule has 8 heteroatoms. The van der Waals surface area contributed by atoms with Crippen LogP contribution in [0.5, 0.6) is 0 Å². The number of carbonyl (C=O) groups is 1. The normalized spacial score (nSPS) is 10.2. The summed E-state index contributed by atoms with van der Waals surface area (Å²) in [6.45, 7) is 0. The lowest BCUT2D eigenvalue weighted by Crippen LogP contribution is -2.14. The molecule has 0 saturated heterocycles. The third-order valence-corrected chi connectivity index (χ3v) is 3.74. The van der Waals surface area contributed by atoms with Crippen molar-refractivity contribution in [2.24, 2.45) is 0 Å². The van der Waals surface area contributed by atoms with Gasteiger partial charge < -0.3 is 5.32 Å². The molecule has 0 aliphatic rings. The van der Waals surface area contributed by atoms with Crippen LogP contribution in [0.3, 0.4) is 0 Å². The van der Waals surface area contributed by atoms with Gasteiger partial charge >= 0.3 is 0 Å². The van der Waals surface area contributed by atoms with Crippen LogP contribution in [0.2, 0.25) is 15.1 Å². The molecule has 0 atom stereocenters. The molecule has 0 unspecified atom stereocenters. The molecule has 108 valence electrons. The van der Waals surface area contributed by atoms with Crippen molar-refractivity contribution in [1.82, 2.24) is 0 Å². The van der Waals surface area contributed by atoms with Gasteiger partial charge in [-0.1, -0.05) is 46.9 Å². The second-order valence-electron chi connectivity index (χ2n) is 3.95. The van der Waals surface area contributed by atoms with Crippen molar-refractivity contribution in [2.75, 3.05) is 5.32 Å². The van der Waals surface area contributed by atoms with E-state index >= 15 is 0 Å². The summed E-state index contributed by atoms with van der Waals surface area (Å²) in [4.78, 5) is 22.5. The van der Waals surface area contributed by atoms with Gasteiger partial charge in [0.25, 0.3) is 11.6 Å². The summed E-state index contributed by atoms with van der Waals surface area (Å²) in [5, 5.41) is 13.6. The van der Waals surface area contributed by atoms with Crippen molar-refractivity contribution in [3.63, 3.8) is 0 Å². The quantitative estimate of drug-likeness (QED) is 0.493. The maximum atomic E-state index is 12.2. The van der Waals surface area contributed by atoms with Gasteiger partial charge in [-0.15, -0.1) is 0 Å².